The van der Waals surface area contributed by atoms with Crippen molar-refractivity contribution in [1.29, 1.82) is 0 Å². The zero-order valence-electron chi connectivity index (χ0n) is 17.0. The zero-order valence-corrected chi connectivity index (χ0v) is 17.9. The van der Waals surface area contributed by atoms with Gasteiger partial charge in [-0.05, 0) is 69.3 Å². The van der Waals surface area contributed by atoms with Crippen LogP contribution >= 0.6 is 0 Å². The number of hydrazine groups is 1. The minimum Gasteiger partial charge on any atom is -0.457 e. The molecule has 0 spiro atoms. The first-order chi connectivity index (χ1) is 14.3. The summed E-state index contributed by atoms with van der Waals surface area (Å²) >= 11 is -1.87. The molecule has 0 saturated heterocycles. The van der Waals surface area contributed by atoms with Gasteiger partial charge in [0.05, 0.1) is 5.69 Å². The molecule has 3 aromatic rings. The second-order valence-corrected chi connectivity index (χ2v) is 8.82. The standard InChI is InChI=1S/C23H24N2O4S/c1-17-9-13-21(14-10-17)29-30(27)23(2,3)22(26)25-24-18-11-15-20(16-12-18)28-19-7-5-4-6-8-19/h4-16,24H,1-3H3,(H,25,26). The Bertz CT molecular complexity index is 1000. The van der Waals surface area contributed by atoms with Gasteiger partial charge in [-0.3, -0.25) is 15.6 Å². The van der Waals surface area contributed by atoms with Crippen molar-refractivity contribution in [3.63, 3.8) is 0 Å². The van der Waals surface area contributed by atoms with E-state index in [0.717, 1.165) is 11.3 Å². The van der Waals surface area contributed by atoms with Gasteiger partial charge < -0.3 is 8.92 Å². The average molecular weight is 425 g/mol. The van der Waals surface area contributed by atoms with E-state index in [1.807, 2.05) is 49.4 Å². The van der Waals surface area contributed by atoms with E-state index in [-0.39, 0.29) is 0 Å². The number of anilines is 1. The molecule has 2 N–H and O–H groups in total. The van der Waals surface area contributed by atoms with Gasteiger partial charge in [-0.1, -0.05) is 35.9 Å². The van der Waals surface area contributed by atoms with E-state index >= 15 is 0 Å². The van der Waals surface area contributed by atoms with Gasteiger partial charge >= 0.3 is 0 Å². The number of benzene rings is 3. The van der Waals surface area contributed by atoms with Gasteiger partial charge in [0.1, 0.15) is 17.2 Å². The van der Waals surface area contributed by atoms with Crippen molar-refractivity contribution >= 4 is 22.7 Å². The van der Waals surface area contributed by atoms with Gasteiger partial charge in [0.15, 0.2) is 4.75 Å². The number of ether oxygens (including phenoxy) is 1. The molecule has 0 aliphatic rings. The smallest absolute Gasteiger partial charge is 0.260 e. The van der Waals surface area contributed by atoms with Crippen LogP contribution in [-0.2, 0) is 15.9 Å². The second-order valence-electron chi connectivity index (χ2n) is 7.16. The van der Waals surface area contributed by atoms with E-state index in [0.29, 0.717) is 17.2 Å². The lowest BCUT2D eigenvalue weighted by molar-refractivity contribution is -0.122. The number of rotatable bonds is 8. The van der Waals surface area contributed by atoms with Crippen LogP contribution in [0.2, 0.25) is 0 Å². The fourth-order valence-electron chi connectivity index (χ4n) is 2.37. The highest BCUT2D eigenvalue weighted by Crippen LogP contribution is 2.23. The lowest BCUT2D eigenvalue weighted by atomic mass is 10.2. The van der Waals surface area contributed by atoms with E-state index in [9.17, 15) is 9.00 Å². The lowest BCUT2D eigenvalue weighted by Crippen LogP contribution is -2.48. The molecule has 1 unspecified atom stereocenters. The molecule has 1 amide bonds. The van der Waals surface area contributed by atoms with Crippen LogP contribution in [0.3, 0.4) is 0 Å². The molecule has 3 aromatic carbocycles. The summed E-state index contributed by atoms with van der Waals surface area (Å²) in [6.45, 7) is 5.07. The number of nitrogens with one attached hydrogen (secondary N) is 2. The van der Waals surface area contributed by atoms with Crippen molar-refractivity contribution in [1.82, 2.24) is 5.43 Å². The number of para-hydroxylation sites is 1. The molecule has 0 aliphatic carbocycles. The molecule has 3 rings (SSSR count). The highest BCUT2D eigenvalue weighted by molar-refractivity contribution is 7.82. The Balaban J connectivity index is 1.54. The predicted molar refractivity (Wildman–Crippen MR) is 119 cm³/mol. The highest BCUT2D eigenvalue weighted by atomic mass is 32.2. The summed E-state index contributed by atoms with van der Waals surface area (Å²) in [4.78, 5) is 12.6. The SMILES string of the molecule is Cc1ccc(OS(=O)C(C)(C)C(=O)NNc2ccc(Oc3ccccc3)cc2)cc1. The van der Waals surface area contributed by atoms with Crippen molar-refractivity contribution in [3.05, 3.63) is 84.4 Å². The fourth-order valence-corrected chi connectivity index (χ4v) is 3.07. The van der Waals surface area contributed by atoms with E-state index in [4.69, 9.17) is 8.92 Å². The summed E-state index contributed by atoms with van der Waals surface area (Å²) in [7, 11) is 0. The number of aryl methyl sites for hydroxylation is 1. The molecular formula is C23H24N2O4S. The molecule has 0 fully saturated rings. The van der Waals surface area contributed by atoms with Crippen molar-refractivity contribution in [3.8, 4) is 17.2 Å². The van der Waals surface area contributed by atoms with Gasteiger partial charge in [-0.2, -0.15) is 0 Å². The van der Waals surface area contributed by atoms with Crippen molar-refractivity contribution in [2.24, 2.45) is 0 Å². The molecule has 0 aromatic heterocycles. The van der Waals surface area contributed by atoms with Crippen LogP contribution < -0.4 is 19.8 Å². The van der Waals surface area contributed by atoms with Gasteiger partial charge in [0.2, 0.25) is 11.1 Å². The van der Waals surface area contributed by atoms with Crippen LogP contribution in [-0.4, -0.2) is 14.9 Å². The normalized spacial score (nSPS) is 12.0. The van der Waals surface area contributed by atoms with E-state index in [1.54, 1.807) is 50.2 Å². The quantitative estimate of drug-likeness (QED) is 0.510. The minimum atomic E-state index is -1.87. The summed E-state index contributed by atoms with van der Waals surface area (Å²) in [5, 5.41) is 0. The van der Waals surface area contributed by atoms with Gasteiger partial charge in [-0.15, -0.1) is 0 Å². The molecule has 6 nitrogen and oxygen atoms in total. The Morgan fingerprint density at radius 1 is 0.833 bits per heavy atom. The monoisotopic (exact) mass is 424 g/mol. The number of carbonyl (C=O) groups is 1. The number of hydrogen-bond acceptors (Lipinski definition) is 5. The molecule has 0 bridgehead atoms. The van der Waals surface area contributed by atoms with Crippen LogP contribution in [0.4, 0.5) is 5.69 Å². The minimum absolute atomic E-state index is 0.446. The summed E-state index contributed by atoms with van der Waals surface area (Å²) < 4.78 is 22.5. The highest BCUT2D eigenvalue weighted by Gasteiger charge is 2.37. The molecule has 30 heavy (non-hydrogen) atoms. The van der Waals surface area contributed by atoms with Crippen molar-refractivity contribution in [2.75, 3.05) is 5.43 Å². The summed E-state index contributed by atoms with van der Waals surface area (Å²) in [6.07, 6.45) is 0. The molecule has 0 radical (unpaired) electrons. The van der Waals surface area contributed by atoms with Crippen LogP contribution in [0, 0.1) is 6.92 Å². The van der Waals surface area contributed by atoms with Gasteiger partial charge in [-0.25, -0.2) is 4.21 Å². The largest absolute Gasteiger partial charge is 0.457 e. The van der Waals surface area contributed by atoms with Crippen LogP contribution in [0.15, 0.2) is 78.9 Å². The predicted octanol–water partition coefficient (Wildman–Crippen LogP) is 4.75. The molecule has 0 saturated carbocycles. The van der Waals surface area contributed by atoms with Gasteiger partial charge in [0.25, 0.3) is 5.91 Å². The third-order valence-electron chi connectivity index (χ3n) is 4.31. The molecule has 0 heterocycles. The second kappa shape index (κ2) is 9.45. The van der Waals surface area contributed by atoms with Crippen molar-refractivity contribution in [2.45, 2.75) is 25.5 Å². The van der Waals surface area contributed by atoms with Crippen LogP contribution in [0.25, 0.3) is 0 Å². The first-order valence-corrected chi connectivity index (χ1v) is 10.5. The molecule has 0 aliphatic heterocycles. The number of hydrogen-bond donors (Lipinski definition) is 2. The topological polar surface area (TPSA) is 76.7 Å². The maximum Gasteiger partial charge on any atom is 0.260 e. The lowest BCUT2D eigenvalue weighted by Gasteiger charge is -2.22. The summed E-state index contributed by atoms with van der Waals surface area (Å²) in [5.41, 5.74) is 7.13. The maximum atomic E-state index is 12.6. The first-order valence-electron chi connectivity index (χ1n) is 9.41. The Morgan fingerprint density at radius 2 is 1.40 bits per heavy atom. The molecule has 1 atom stereocenters. The third-order valence-corrected chi connectivity index (χ3v) is 5.67. The molecular weight excluding hydrogens is 400 g/mol. The van der Waals surface area contributed by atoms with E-state index < -0.39 is 21.7 Å². The average Bonchev–Trinajstić information content (AvgIpc) is 2.75. The Morgan fingerprint density at radius 3 is 2.03 bits per heavy atom. The number of carbonyl (C=O) groups excluding carboxylic acids is 1. The molecule has 156 valence electrons. The van der Waals surface area contributed by atoms with E-state index in [1.165, 1.54) is 0 Å². The first kappa shape index (κ1) is 21.4. The summed E-state index contributed by atoms with van der Waals surface area (Å²) in [5.74, 6) is 1.40. The van der Waals surface area contributed by atoms with Crippen LogP contribution in [0.1, 0.15) is 19.4 Å². The number of amides is 1. The Kier molecular flexibility index (Phi) is 6.74. The maximum absolute atomic E-state index is 12.6. The fraction of sp³-hybridized carbons (Fsp3) is 0.174. The Hall–Kier alpha value is -3.32. The molecule has 7 heteroatoms. The van der Waals surface area contributed by atoms with Crippen LogP contribution in [0.5, 0.6) is 17.2 Å². The summed E-state index contributed by atoms with van der Waals surface area (Å²) in [6, 6.07) is 23.7. The zero-order chi connectivity index (χ0) is 21.6. The van der Waals surface area contributed by atoms with Gasteiger partial charge in [0, 0.05) is 0 Å². The van der Waals surface area contributed by atoms with E-state index in [2.05, 4.69) is 10.9 Å². The Labute approximate surface area is 178 Å². The third kappa shape index (κ3) is 5.61. The van der Waals surface area contributed by atoms with Crippen molar-refractivity contribution < 1.29 is 17.9 Å².